The van der Waals surface area contributed by atoms with Crippen LogP contribution in [0.4, 0.5) is 8.78 Å². The second-order valence-electron chi connectivity index (χ2n) is 4.24. The Kier molecular flexibility index (Phi) is 3.65. The Hall–Kier alpha value is -1.05. The number of hydrogen-bond donors (Lipinski definition) is 1. The molecule has 1 aromatic rings. The quantitative estimate of drug-likeness (QED) is 0.894. The second kappa shape index (κ2) is 4.91. The summed E-state index contributed by atoms with van der Waals surface area (Å²) in [5.74, 6) is -1.86. The number of hydrogen-bond acceptors (Lipinski definition) is 3. The lowest BCUT2D eigenvalue weighted by Crippen LogP contribution is -2.38. The van der Waals surface area contributed by atoms with E-state index in [9.17, 15) is 17.2 Å². The number of benzene rings is 1. The number of likely N-dealkylation sites (N-methyl/N-ethyl adjacent to an activating group) is 1. The summed E-state index contributed by atoms with van der Waals surface area (Å²) in [5.41, 5.74) is 0. The van der Waals surface area contributed by atoms with Crippen molar-refractivity contribution in [3.63, 3.8) is 0 Å². The van der Waals surface area contributed by atoms with Crippen LogP contribution in [0.5, 0.6) is 0 Å². The van der Waals surface area contributed by atoms with Gasteiger partial charge >= 0.3 is 0 Å². The molecule has 1 saturated heterocycles. The van der Waals surface area contributed by atoms with E-state index in [0.717, 1.165) is 23.0 Å². The Morgan fingerprint density at radius 1 is 1.39 bits per heavy atom. The van der Waals surface area contributed by atoms with Gasteiger partial charge < -0.3 is 5.32 Å². The van der Waals surface area contributed by atoms with Gasteiger partial charge in [0.2, 0.25) is 10.0 Å². The topological polar surface area (TPSA) is 49.4 Å². The molecule has 0 bridgehead atoms. The molecule has 0 spiro atoms. The molecule has 0 saturated carbocycles. The Morgan fingerprint density at radius 3 is 2.67 bits per heavy atom. The number of sulfonamides is 1. The monoisotopic (exact) mass is 276 g/mol. The first-order chi connectivity index (χ1) is 8.43. The summed E-state index contributed by atoms with van der Waals surface area (Å²) < 4.78 is 51.8. The van der Waals surface area contributed by atoms with Crippen LogP contribution in [-0.2, 0) is 10.0 Å². The van der Waals surface area contributed by atoms with Gasteiger partial charge in [-0.25, -0.2) is 17.2 Å². The molecule has 0 radical (unpaired) electrons. The zero-order valence-electron chi connectivity index (χ0n) is 9.86. The van der Waals surface area contributed by atoms with Crippen LogP contribution in [0.3, 0.4) is 0 Å². The van der Waals surface area contributed by atoms with Crippen molar-refractivity contribution in [3.05, 3.63) is 29.8 Å². The molecule has 2 rings (SSSR count). The highest BCUT2D eigenvalue weighted by atomic mass is 32.2. The van der Waals surface area contributed by atoms with Crippen molar-refractivity contribution in [2.45, 2.75) is 17.4 Å². The van der Waals surface area contributed by atoms with Gasteiger partial charge in [0.1, 0.15) is 16.5 Å². The summed E-state index contributed by atoms with van der Waals surface area (Å²) in [4.78, 5) is -0.488. The molecule has 18 heavy (non-hydrogen) atoms. The van der Waals surface area contributed by atoms with Crippen LogP contribution in [0, 0.1) is 11.6 Å². The molecule has 1 heterocycles. The van der Waals surface area contributed by atoms with Gasteiger partial charge in [-0.3, -0.25) is 0 Å². The van der Waals surface area contributed by atoms with E-state index < -0.39 is 26.6 Å². The fourth-order valence-corrected chi connectivity index (χ4v) is 3.41. The van der Waals surface area contributed by atoms with Crippen molar-refractivity contribution in [3.8, 4) is 0 Å². The van der Waals surface area contributed by atoms with Crippen molar-refractivity contribution in [2.24, 2.45) is 0 Å². The Morgan fingerprint density at radius 2 is 2.11 bits per heavy atom. The molecule has 1 aliphatic rings. The lowest BCUT2D eigenvalue weighted by molar-refractivity contribution is 0.385. The first kappa shape index (κ1) is 13.4. The molecule has 100 valence electrons. The Bertz CT molecular complexity index is 542. The van der Waals surface area contributed by atoms with Gasteiger partial charge in [0, 0.05) is 25.7 Å². The van der Waals surface area contributed by atoms with Crippen molar-refractivity contribution >= 4 is 10.0 Å². The van der Waals surface area contributed by atoms with Gasteiger partial charge in [0.05, 0.1) is 0 Å². The van der Waals surface area contributed by atoms with E-state index in [4.69, 9.17) is 0 Å². The third kappa shape index (κ3) is 2.38. The lowest BCUT2D eigenvalue weighted by Gasteiger charge is -2.23. The number of halogens is 2. The van der Waals surface area contributed by atoms with E-state index >= 15 is 0 Å². The van der Waals surface area contributed by atoms with Gasteiger partial charge in [-0.1, -0.05) is 0 Å². The molecule has 4 nitrogen and oxygen atoms in total. The minimum atomic E-state index is -3.92. The molecule has 1 unspecified atom stereocenters. The van der Waals surface area contributed by atoms with Gasteiger partial charge in [-0.05, 0) is 25.1 Å². The smallest absolute Gasteiger partial charge is 0.246 e. The molecule has 1 N–H and O–H groups in total. The predicted molar refractivity (Wildman–Crippen MR) is 62.6 cm³/mol. The fourth-order valence-electron chi connectivity index (χ4n) is 1.99. The average Bonchev–Trinajstić information content (AvgIpc) is 2.80. The molecule has 0 amide bonds. The van der Waals surface area contributed by atoms with Crippen molar-refractivity contribution in [2.75, 3.05) is 20.1 Å². The van der Waals surface area contributed by atoms with Crippen LogP contribution >= 0.6 is 0 Å². The number of nitrogens with zero attached hydrogens (tertiary/aromatic N) is 1. The molecule has 7 heteroatoms. The number of rotatable bonds is 3. The molecule has 1 atom stereocenters. The molecule has 1 aromatic carbocycles. The molecule has 0 aliphatic carbocycles. The summed E-state index contributed by atoms with van der Waals surface area (Å²) >= 11 is 0. The highest BCUT2D eigenvalue weighted by Crippen LogP contribution is 2.22. The molecular weight excluding hydrogens is 262 g/mol. The number of nitrogens with one attached hydrogen (secondary N) is 1. The second-order valence-corrected chi connectivity index (χ2v) is 6.21. The van der Waals surface area contributed by atoms with E-state index in [0.29, 0.717) is 19.0 Å². The van der Waals surface area contributed by atoms with Crippen molar-refractivity contribution in [1.82, 2.24) is 9.62 Å². The van der Waals surface area contributed by atoms with E-state index in [2.05, 4.69) is 5.32 Å². The van der Waals surface area contributed by atoms with E-state index in [1.807, 2.05) is 0 Å². The fraction of sp³-hybridized carbons (Fsp3) is 0.455. The molecule has 1 fully saturated rings. The highest BCUT2D eigenvalue weighted by molar-refractivity contribution is 7.89. The van der Waals surface area contributed by atoms with Crippen LogP contribution in [0.25, 0.3) is 0 Å². The lowest BCUT2D eigenvalue weighted by atomic mass is 10.3. The summed E-state index contributed by atoms with van der Waals surface area (Å²) in [5, 5.41) is 3.04. The normalized spacial score (nSPS) is 20.6. The first-order valence-electron chi connectivity index (χ1n) is 5.57. The van der Waals surface area contributed by atoms with Crippen molar-refractivity contribution in [1.29, 1.82) is 0 Å². The van der Waals surface area contributed by atoms with Gasteiger partial charge in [-0.2, -0.15) is 4.31 Å². The third-order valence-electron chi connectivity index (χ3n) is 3.10. The van der Waals surface area contributed by atoms with Gasteiger partial charge in [0.15, 0.2) is 0 Å². The molecule has 1 aliphatic heterocycles. The largest absolute Gasteiger partial charge is 0.315 e. The zero-order valence-corrected chi connectivity index (χ0v) is 10.7. The maximum atomic E-state index is 13.5. The standard InChI is InChI=1S/C11H14F2N2O2S/c1-15(9-4-5-14-7-9)18(16,17)11-3-2-8(12)6-10(11)13/h2-3,6,9,14H,4-5,7H2,1H3. The van der Waals surface area contributed by atoms with E-state index in [1.54, 1.807) is 0 Å². The van der Waals surface area contributed by atoms with Crippen LogP contribution in [0.1, 0.15) is 6.42 Å². The van der Waals surface area contributed by atoms with E-state index in [1.165, 1.54) is 7.05 Å². The summed E-state index contributed by atoms with van der Waals surface area (Å²) in [6.07, 6.45) is 0.679. The van der Waals surface area contributed by atoms with Gasteiger partial charge in [0.25, 0.3) is 0 Å². The summed E-state index contributed by atoms with van der Waals surface area (Å²) in [6, 6.07) is 2.28. The SMILES string of the molecule is CN(C1CCNC1)S(=O)(=O)c1ccc(F)cc1F. The Labute approximate surface area is 105 Å². The molecular formula is C11H14F2N2O2S. The third-order valence-corrected chi connectivity index (χ3v) is 5.04. The predicted octanol–water partition coefficient (Wildman–Crippen LogP) is 0.947. The highest BCUT2D eigenvalue weighted by Gasteiger charge is 2.31. The van der Waals surface area contributed by atoms with Crippen LogP contribution in [0.2, 0.25) is 0 Å². The maximum absolute atomic E-state index is 13.5. The van der Waals surface area contributed by atoms with Crippen LogP contribution < -0.4 is 5.32 Å². The minimum Gasteiger partial charge on any atom is -0.315 e. The minimum absolute atomic E-state index is 0.195. The van der Waals surface area contributed by atoms with Crippen LogP contribution in [0.15, 0.2) is 23.1 Å². The maximum Gasteiger partial charge on any atom is 0.246 e. The summed E-state index contributed by atoms with van der Waals surface area (Å²) in [7, 11) is -2.51. The van der Waals surface area contributed by atoms with Crippen LogP contribution in [-0.4, -0.2) is 38.9 Å². The Balaban J connectivity index is 2.35. The van der Waals surface area contributed by atoms with Crippen molar-refractivity contribution < 1.29 is 17.2 Å². The average molecular weight is 276 g/mol. The summed E-state index contributed by atoms with van der Waals surface area (Å²) in [6.45, 7) is 1.27. The van der Waals surface area contributed by atoms with Gasteiger partial charge in [-0.15, -0.1) is 0 Å². The molecule has 0 aromatic heterocycles. The first-order valence-corrected chi connectivity index (χ1v) is 7.01. The van der Waals surface area contributed by atoms with E-state index in [-0.39, 0.29) is 6.04 Å². The zero-order chi connectivity index (χ0) is 13.3.